The lowest BCUT2D eigenvalue weighted by molar-refractivity contribution is -0.130. The molecule has 2 aromatic rings. The monoisotopic (exact) mass is 335 g/mol. The van der Waals surface area contributed by atoms with E-state index >= 15 is 0 Å². The van der Waals surface area contributed by atoms with Gasteiger partial charge in [-0.25, -0.2) is 0 Å². The maximum absolute atomic E-state index is 12.8. The fourth-order valence-corrected chi connectivity index (χ4v) is 4.02. The number of rotatable bonds is 3. The molecule has 25 heavy (non-hydrogen) atoms. The summed E-state index contributed by atoms with van der Waals surface area (Å²) < 4.78 is 0. The maximum Gasteiger partial charge on any atom is 0.242 e. The van der Waals surface area contributed by atoms with Crippen LogP contribution < -0.4 is 9.80 Å². The highest BCUT2D eigenvalue weighted by atomic mass is 16.2. The van der Waals surface area contributed by atoms with Crippen LogP contribution in [0.5, 0.6) is 0 Å². The van der Waals surface area contributed by atoms with Crippen LogP contribution in [0.3, 0.4) is 0 Å². The summed E-state index contributed by atoms with van der Waals surface area (Å²) in [4.78, 5) is 19.4. The van der Waals surface area contributed by atoms with E-state index in [4.69, 9.17) is 0 Å². The lowest BCUT2D eigenvalue weighted by Gasteiger charge is -2.39. The predicted molar refractivity (Wildman–Crippen MR) is 103 cm³/mol. The van der Waals surface area contributed by atoms with Crippen LogP contribution in [0, 0.1) is 0 Å². The normalized spacial score (nSPS) is 19.9. The standard InChI is InChI=1S/C21H25N3O/c1-17-8-7-13-23(17)21(25)16-22-14-15-24(18-9-3-2-4-10-18)20-12-6-5-11-19(20)22/h2-6,9-12,17H,7-8,13-16H2,1H3. The summed E-state index contributed by atoms with van der Waals surface area (Å²) in [6.07, 6.45) is 2.26. The van der Waals surface area contributed by atoms with Crippen LogP contribution in [-0.4, -0.2) is 43.0 Å². The number of likely N-dealkylation sites (tertiary alicyclic amines) is 1. The van der Waals surface area contributed by atoms with Crippen molar-refractivity contribution >= 4 is 23.0 Å². The summed E-state index contributed by atoms with van der Waals surface area (Å²) >= 11 is 0. The van der Waals surface area contributed by atoms with Crippen LogP contribution in [0.2, 0.25) is 0 Å². The fourth-order valence-electron chi connectivity index (χ4n) is 4.02. The van der Waals surface area contributed by atoms with Gasteiger partial charge in [0.05, 0.1) is 17.9 Å². The van der Waals surface area contributed by atoms with Gasteiger partial charge in [-0.3, -0.25) is 4.79 Å². The number of benzene rings is 2. The number of hydrogen-bond donors (Lipinski definition) is 0. The maximum atomic E-state index is 12.8. The summed E-state index contributed by atoms with van der Waals surface area (Å²) in [6, 6.07) is 19.3. The minimum Gasteiger partial charge on any atom is -0.359 e. The van der Waals surface area contributed by atoms with Gasteiger partial charge < -0.3 is 14.7 Å². The third-order valence-corrected chi connectivity index (χ3v) is 5.37. The van der Waals surface area contributed by atoms with Crippen molar-refractivity contribution in [1.29, 1.82) is 0 Å². The molecule has 4 heteroatoms. The van der Waals surface area contributed by atoms with Gasteiger partial charge in [0, 0.05) is 31.4 Å². The predicted octanol–water partition coefficient (Wildman–Crippen LogP) is 3.66. The molecule has 0 spiro atoms. The molecule has 2 heterocycles. The van der Waals surface area contributed by atoms with Gasteiger partial charge >= 0.3 is 0 Å². The van der Waals surface area contributed by atoms with E-state index in [-0.39, 0.29) is 5.91 Å². The molecule has 130 valence electrons. The van der Waals surface area contributed by atoms with Crippen molar-refractivity contribution in [2.45, 2.75) is 25.8 Å². The molecule has 2 aliphatic rings. The lowest BCUT2D eigenvalue weighted by atomic mass is 10.1. The zero-order valence-electron chi connectivity index (χ0n) is 14.8. The van der Waals surface area contributed by atoms with Crippen molar-refractivity contribution in [2.75, 3.05) is 36.0 Å². The number of carbonyl (C=O) groups excluding carboxylic acids is 1. The molecule has 0 N–H and O–H groups in total. The van der Waals surface area contributed by atoms with Gasteiger partial charge in [0.2, 0.25) is 5.91 Å². The second kappa shape index (κ2) is 6.79. The Hall–Kier alpha value is -2.49. The van der Waals surface area contributed by atoms with Crippen LogP contribution >= 0.6 is 0 Å². The minimum atomic E-state index is 0.257. The Balaban J connectivity index is 1.58. The number of para-hydroxylation sites is 3. The minimum absolute atomic E-state index is 0.257. The van der Waals surface area contributed by atoms with Crippen molar-refractivity contribution in [2.24, 2.45) is 0 Å². The summed E-state index contributed by atoms with van der Waals surface area (Å²) in [5, 5.41) is 0. The zero-order chi connectivity index (χ0) is 17.2. The molecule has 0 saturated carbocycles. The molecule has 2 aromatic carbocycles. The molecule has 0 bridgehead atoms. The quantitative estimate of drug-likeness (QED) is 0.856. The average Bonchev–Trinajstić information content (AvgIpc) is 3.09. The number of amides is 1. The molecular formula is C21H25N3O. The fraction of sp³-hybridized carbons (Fsp3) is 0.381. The molecule has 0 aromatic heterocycles. The topological polar surface area (TPSA) is 26.8 Å². The number of fused-ring (bicyclic) bond motifs is 1. The second-order valence-electron chi connectivity index (χ2n) is 6.98. The first-order chi connectivity index (χ1) is 12.2. The van der Waals surface area contributed by atoms with Crippen LogP contribution in [0.25, 0.3) is 0 Å². The van der Waals surface area contributed by atoms with E-state index < -0.39 is 0 Å². The van der Waals surface area contributed by atoms with Crippen molar-refractivity contribution in [3.8, 4) is 0 Å². The van der Waals surface area contributed by atoms with E-state index in [9.17, 15) is 4.79 Å². The summed E-state index contributed by atoms with van der Waals surface area (Å²) in [6.45, 7) is 5.30. The first kappa shape index (κ1) is 16.0. The summed E-state index contributed by atoms with van der Waals surface area (Å²) in [5.41, 5.74) is 3.54. The van der Waals surface area contributed by atoms with Crippen molar-refractivity contribution < 1.29 is 4.79 Å². The van der Waals surface area contributed by atoms with Gasteiger partial charge in [-0.1, -0.05) is 30.3 Å². The van der Waals surface area contributed by atoms with E-state index in [0.29, 0.717) is 12.6 Å². The summed E-state index contributed by atoms with van der Waals surface area (Å²) in [7, 11) is 0. The molecule has 0 aliphatic carbocycles. The van der Waals surface area contributed by atoms with Crippen molar-refractivity contribution in [3.05, 3.63) is 54.6 Å². The second-order valence-corrected chi connectivity index (χ2v) is 6.98. The Morgan fingerprint density at radius 1 is 0.960 bits per heavy atom. The SMILES string of the molecule is CC1CCCN1C(=O)CN1CCN(c2ccccc2)c2ccccc21. The van der Waals surface area contributed by atoms with Gasteiger partial charge in [0.1, 0.15) is 0 Å². The van der Waals surface area contributed by atoms with E-state index in [1.54, 1.807) is 0 Å². The smallest absolute Gasteiger partial charge is 0.242 e. The van der Waals surface area contributed by atoms with E-state index in [1.165, 1.54) is 11.4 Å². The number of anilines is 3. The molecule has 1 saturated heterocycles. The van der Waals surface area contributed by atoms with Gasteiger partial charge in [-0.05, 0) is 44.0 Å². The van der Waals surface area contributed by atoms with E-state index in [0.717, 1.165) is 38.2 Å². The number of hydrogen-bond acceptors (Lipinski definition) is 3. The molecule has 1 unspecified atom stereocenters. The van der Waals surface area contributed by atoms with Gasteiger partial charge in [0.15, 0.2) is 0 Å². The van der Waals surface area contributed by atoms with Crippen LogP contribution in [0.15, 0.2) is 54.6 Å². The average molecular weight is 335 g/mol. The Kier molecular flexibility index (Phi) is 4.35. The first-order valence-corrected chi connectivity index (χ1v) is 9.20. The van der Waals surface area contributed by atoms with Crippen molar-refractivity contribution in [1.82, 2.24) is 4.90 Å². The number of carbonyl (C=O) groups is 1. The first-order valence-electron chi connectivity index (χ1n) is 9.20. The largest absolute Gasteiger partial charge is 0.359 e. The Morgan fingerprint density at radius 2 is 1.68 bits per heavy atom. The van der Waals surface area contributed by atoms with E-state index in [1.807, 2.05) is 11.0 Å². The Labute approximate surface area is 149 Å². The highest BCUT2D eigenvalue weighted by molar-refractivity contribution is 5.86. The van der Waals surface area contributed by atoms with Crippen molar-refractivity contribution in [3.63, 3.8) is 0 Å². The molecule has 1 amide bonds. The third-order valence-electron chi connectivity index (χ3n) is 5.37. The third kappa shape index (κ3) is 3.09. The van der Waals surface area contributed by atoms with Crippen LogP contribution in [0.1, 0.15) is 19.8 Å². The highest BCUT2D eigenvalue weighted by Crippen LogP contribution is 2.37. The molecule has 1 fully saturated rings. The molecule has 1 atom stereocenters. The van der Waals surface area contributed by atoms with Gasteiger partial charge in [0.25, 0.3) is 0 Å². The van der Waals surface area contributed by atoms with E-state index in [2.05, 4.69) is 65.3 Å². The Morgan fingerprint density at radius 3 is 2.40 bits per heavy atom. The highest BCUT2D eigenvalue weighted by Gasteiger charge is 2.29. The van der Waals surface area contributed by atoms with Gasteiger partial charge in [-0.15, -0.1) is 0 Å². The summed E-state index contributed by atoms with van der Waals surface area (Å²) in [5.74, 6) is 0.257. The van der Waals surface area contributed by atoms with Gasteiger partial charge in [-0.2, -0.15) is 0 Å². The molecule has 4 rings (SSSR count). The molecule has 4 nitrogen and oxygen atoms in total. The molecule has 0 radical (unpaired) electrons. The lowest BCUT2D eigenvalue weighted by Crippen LogP contribution is -2.46. The molecular weight excluding hydrogens is 310 g/mol. The van der Waals surface area contributed by atoms with Crippen LogP contribution in [-0.2, 0) is 4.79 Å². The Bertz CT molecular complexity index is 746. The zero-order valence-corrected chi connectivity index (χ0v) is 14.8. The van der Waals surface area contributed by atoms with Crippen LogP contribution in [0.4, 0.5) is 17.1 Å². The molecule has 2 aliphatic heterocycles. The number of nitrogens with zero attached hydrogens (tertiary/aromatic N) is 3.